The van der Waals surface area contributed by atoms with Crippen molar-refractivity contribution in [3.8, 4) is 0 Å². The van der Waals surface area contributed by atoms with Crippen molar-refractivity contribution in [2.24, 2.45) is 17.1 Å². The first kappa shape index (κ1) is 15.6. The van der Waals surface area contributed by atoms with E-state index in [0.29, 0.717) is 38.9 Å². The zero-order valence-corrected chi connectivity index (χ0v) is 12.5. The summed E-state index contributed by atoms with van der Waals surface area (Å²) < 4.78 is 0. The Morgan fingerprint density at radius 1 is 1.29 bits per heavy atom. The predicted molar refractivity (Wildman–Crippen MR) is 75.4 cm³/mol. The molecule has 3 unspecified atom stereocenters. The largest absolute Gasteiger partial charge is 0.481 e. The van der Waals surface area contributed by atoms with Crippen LogP contribution in [0.5, 0.6) is 0 Å². The number of carbonyl (C=O) groups is 3. The molecule has 3 amide bonds. The third kappa shape index (κ3) is 2.96. The number of carbonyl (C=O) groups excluding carboxylic acids is 2. The second-order valence-corrected chi connectivity index (χ2v) is 6.48. The Bertz CT molecular complexity index is 467. The molecular weight excluding hydrogens is 274 g/mol. The van der Waals surface area contributed by atoms with E-state index in [4.69, 9.17) is 10.8 Å². The molecule has 3 N–H and O–H groups in total. The van der Waals surface area contributed by atoms with E-state index in [0.717, 1.165) is 0 Å². The van der Waals surface area contributed by atoms with Crippen LogP contribution in [0.3, 0.4) is 0 Å². The number of nitrogens with zero attached hydrogens (tertiary/aromatic N) is 2. The van der Waals surface area contributed by atoms with Crippen LogP contribution in [0.2, 0.25) is 0 Å². The van der Waals surface area contributed by atoms with Crippen LogP contribution in [0.15, 0.2) is 0 Å². The van der Waals surface area contributed by atoms with E-state index in [1.807, 2.05) is 6.92 Å². The van der Waals surface area contributed by atoms with Gasteiger partial charge in [-0.1, -0.05) is 0 Å². The molecule has 2 rings (SSSR count). The summed E-state index contributed by atoms with van der Waals surface area (Å²) in [4.78, 5) is 38.4. The Kier molecular flexibility index (Phi) is 4.11. The van der Waals surface area contributed by atoms with Gasteiger partial charge < -0.3 is 20.6 Å². The fourth-order valence-corrected chi connectivity index (χ4v) is 3.19. The molecule has 3 atom stereocenters. The first-order valence-corrected chi connectivity index (χ1v) is 7.33. The minimum absolute atomic E-state index is 0.104. The molecule has 0 saturated carbocycles. The fourth-order valence-electron chi connectivity index (χ4n) is 3.19. The van der Waals surface area contributed by atoms with Gasteiger partial charge in [0.25, 0.3) is 0 Å². The Balaban J connectivity index is 1.99. The molecule has 2 saturated heterocycles. The van der Waals surface area contributed by atoms with Crippen LogP contribution < -0.4 is 5.73 Å². The minimum Gasteiger partial charge on any atom is -0.481 e. The number of urea groups is 1. The highest BCUT2D eigenvalue weighted by Crippen LogP contribution is 2.31. The van der Waals surface area contributed by atoms with Gasteiger partial charge in [-0.05, 0) is 33.1 Å². The van der Waals surface area contributed by atoms with E-state index in [-0.39, 0.29) is 23.9 Å². The number of hydrogen-bond acceptors (Lipinski definition) is 3. The van der Waals surface area contributed by atoms with Gasteiger partial charge in [0.2, 0.25) is 5.91 Å². The van der Waals surface area contributed by atoms with Crippen LogP contribution in [0.1, 0.15) is 33.1 Å². The molecule has 0 radical (unpaired) electrons. The highest BCUT2D eigenvalue weighted by molar-refractivity contribution is 5.83. The maximum atomic E-state index is 12.5. The van der Waals surface area contributed by atoms with Crippen molar-refractivity contribution < 1.29 is 19.5 Å². The summed E-state index contributed by atoms with van der Waals surface area (Å²) >= 11 is 0. The number of likely N-dealkylation sites (tertiary alicyclic amines) is 2. The van der Waals surface area contributed by atoms with Crippen LogP contribution in [0.25, 0.3) is 0 Å². The summed E-state index contributed by atoms with van der Waals surface area (Å²) in [6.07, 6.45) is 1.53. The minimum atomic E-state index is -0.795. The van der Waals surface area contributed by atoms with E-state index in [2.05, 4.69) is 0 Å². The summed E-state index contributed by atoms with van der Waals surface area (Å²) in [6.45, 7) is 4.95. The third-order valence-electron chi connectivity index (χ3n) is 4.81. The van der Waals surface area contributed by atoms with Gasteiger partial charge in [0.1, 0.15) is 0 Å². The molecule has 2 heterocycles. The first-order chi connectivity index (χ1) is 9.74. The molecule has 0 bridgehead atoms. The second-order valence-electron chi connectivity index (χ2n) is 6.48. The first-order valence-electron chi connectivity index (χ1n) is 7.33. The Hall–Kier alpha value is -1.79. The van der Waals surface area contributed by atoms with E-state index in [1.54, 1.807) is 16.7 Å². The lowest BCUT2D eigenvalue weighted by molar-refractivity contribution is -0.143. The van der Waals surface area contributed by atoms with E-state index in [9.17, 15) is 14.4 Å². The van der Waals surface area contributed by atoms with Gasteiger partial charge in [-0.3, -0.25) is 9.59 Å². The van der Waals surface area contributed by atoms with Gasteiger partial charge in [-0.25, -0.2) is 4.79 Å². The fraction of sp³-hybridized carbons (Fsp3) is 0.786. The lowest BCUT2D eigenvalue weighted by atomic mass is 9.89. The summed E-state index contributed by atoms with van der Waals surface area (Å²) in [5.74, 6) is -1.55. The van der Waals surface area contributed by atoms with Gasteiger partial charge in [-0.15, -0.1) is 0 Å². The Morgan fingerprint density at radius 2 is 1.95 bits per heavy atom. The Labute approximate surface area is 124 Å². The maximum absolute atomic E-state index is 12.5. The van der Waals surface area contributed by atoms with Crippen molar-refractivity contribution in [1.29, 1.82) is 0 Å². The predicted octanol–water partition coefficient (Wildman–Crippen LogP) is 0.489. The SMILES string of the molecule is CC1CC(C(=O)O)CCN1C(=O)N1CCC(C)(C(N)=O)C1. The number of rotatable bonds is 2. The normalized spacial score (nSPS) is 33.0. The molecule has 7 nitrogen and oxygen atoms in total. The monoisotopic (exact) mass is 297 g/mol. The van der Waals surface area contributed by atoms with Crippen molar-refractivity contribution in [3.05, 3.63) is 0 Å². The molecule has 2 aliphatic rings. The van der Waals surface area contributed by atoms with Crippen molar-refractivity contribution in [1.82, 2.24) is 9.80 Å². The number of carboxylic acids is 1. The molecule has 2 aliphatic heterocycles. The molecule has 0 aliphatic carbocycles. The van der Waals surface area contributed by atoms with Crippen molar-refractivity contribution in [2.45, 2.75) is 39.2 Å². The maximum Gasteiger partial charge on any atom is 0.320 e. The summed E-state index contributed by atoms with van der Waals surface area (Å²) in [5.41, 5.74) is 4.74. The smallest absolute Gasteiger partial charge is 0.320 e. The van der Waals surface area contributed by atoms with Gasteiger partial charge >= 0.3 is 12.0 Å². The van der Waals surface area contributed by atoms with Crippen molar-refractivity contribution in [3.63, 3.8) is 0 Å². The summed E-state index contributed by atoms with van der Waals surface area (Å²) in [5, 5.41) is 9.06. The molecule has 118 valence electrons. The summed E-state index contributed by atoms with van der Waals surface area (Å²) in [6, 6.07) is -0.218. The number of primary amides is 1. The number of carboxylic acid groups (broad SMARTS) is 1. The van der Waals surface area contributed by atoms with E-state index >= 15 is 0 Å². The average Bonchev–Trinajstić information content (AvgIpc) is 2.82. The van der Waals surface area contributed by atoms with Gasteiger partial charge in [0.05, 0.1) is 11.3 Å². The zero-order chi connectivity index (χ0) is 15.8. The van der Waals surface area contributed by atoms with Gasteiger partial charge in [0.15, 0.2) is 0 Å². The topological polar surface area (TPSA) is 104 Å². The van der Waals surface area contributed by atoms with Crippen LogP contribution in [0, 0.1) is 11.3 Å². The number of amides is 3. The number of nitrogens with two attached hydrogens (primary N) is 1. The van der Waals surface area contributed by atoms with Crippen molar-refractivity contribution in [2.75, 3.05) is 19.6 Å². The molecule has 0 aromatic carbocycles. The van der Waals surface area contributed by atoms with Crippen LogP contribution in [-0.2, 0) is 9.59 Å². The van der Waals surface area contributed by atoms with Gasteiger partial charge in [0, 0.05) is 25.7 Å². The molecule has 7 heteroatoms. The molecule has 0 spiro atoms. The lowest BCUT2D eigenvalue weighted by Crippen LogP contribution is -2.51. The zero-order valence-electron chi connectivity index (χ0n) is 12.5. The Morgan fingerprint density at radius 3 is 2.43 bits per heavy atom. The number of aliphatic carboxylic acids is 1. The highest BCUT2D eigenvalue weighted by atomic mass is 16.4. The highest BCUT2D eigenvalue weighted by Gasteiger charge is 2.43. The number of piperidine rings is 1. The second kappa shape index (κ2) is 5.54. The molecular formula is C14H23N3O4. The van der Waals surface area contributed by atoms with Crippen LogP contribution in [-0.4, -0.2) is 58.5 Å². The third-order valence-corrected chi connectivity index (χ3v) is 4.81. The molecule has 2 fully saturated rings. The lowest BCUT2D eigenvalue weighted by Gasteiger charge is -2.38. The van der Waals surface area contributed by atoms with E-state index < -0.39 is 11.4 Å². The summed E-state index contributed by atoms with van der Waals surface area (Å²) in [7, 11) is 0. The van der Waals surface area contributed by atoms with Crippen LogP contribution in [0.4, 0.5) is 4.79 Å². The standard InChI is InChI=1S/C14H23N3O4/c1-9-7-10(11(18)19)3-5-17(9)13(21)16-6-4-14(2,8-16)12(15)20/h9-10H,3-8H2,1-2H3,(H2,15,20)(H,18,19). The van der Waals surface area contributed by atoms with Gasteiger partial charge in [-0.2, -0.15) is 0 Å². The van der Waals surface area contributed by atoms with Crippen molar-refractivity contribution >= 4 is 17.9 Å². The number of hydrogen-bond donors (Lipinski definition) is 2. The van der Waals surface area contributed by atoms with E-state index in [1.165, 1.54) is 0 Å². The quantitative estimate of drug-likeness (QED) is 0.774. The molecule has 0 aromatic heterocycles. The average molecular weight is 297 g/mol. The molecule has 21 heavy (non-hydrogen) atoms. The molecule has 0 aromatic rings. The van der Waals surface area contributed by atoms with Crippen LogP contribution >= 0.6 is 0 Å².